The van der Waals surface area contributed by atoms with Crippen molar-refractivity contribution in [1.29, 1.82) is 0 Å². The molecular formula is C10H8N2O2. The van der Waals surface area contributed by atoms with Gasteiger partial charge in [-0.1, -0.05) is 18.2 Å². The van der Waals surface area contributed by atoms with E-state index in [0.29, 0.717) is 5.89 Å². The van der Waals surface area contributed by atoms with Crippen molar-refractivity contribution in [3.8, 4) is 11.5 Å². The summed E-state index contributed by atoms with van der Waals surface area (Å²) in [5.41, 5.74) is 0.813. The second-order valence-electron chi connectivity index (χ2n) is 2.83. The molecular weight excluding hydrogens is 180 g/mol. The summed E-state index contributed by atoms with van der Waals surface area (Å²) in [4.78, 5) is 10.9. The maximum absolute atomic E-state index is 10.9. The van der Waals surface area contributed by atoms with Gasteiger partial charge in [0.1, 0.15) is 0 Å². The molecule has 0 saturated carbocycles. The Balaban J connectivity index is 2.39. The molecule has 1 heterocycles. The summed E-state index contributed by atoms with van der Waals surface area (Å²) in [6.07, 6.45) is 0. The molecule has 0 radical (unpaired) electrons. The third-order valence-corrected chi connectivity index (χ3v) is 1.75. The van der Waals surface area contributed by atoms with Crippen molar-refractivity contribution in [2.75, 3.05) is 0 Å². The van der Waals surface area contributed by atoms with E-state index in [1.54, 1.807) is 0 Å². The summed E-state index contributed by atoms with van der Waals surface area (Å²) in [5.74, 6) is 0.194. The van der Waals surface area contributed by atoms with E-state index in [1.165, 1.54) is 6.92 Å². The van der Waals surface area contributed by atoms with Crippen LogP contribution in [0.5, 0.6) is 0 Å². The number of aromatic nitrogens is 2. The molecule has 70 valence electrons. The number of carbonyl (C=O) groups is 1. The number of carbonyl (C=O) groups excluding carboxylic acids is 1. The first-order valence-corrected chi connectivity index (χ1v) is 4.17. The number of nitrogens with zero attached hydrogens (tertiary/aromatic N) is 2. The van der Waals surface area contributed by atoms with Gasteiger partial charge in [-0.25, -0.2) is 0 Å². The van der Waals surface area contributed by atoms with E-state index < -0.39 is 0 Å². The van der Waals surface area contributed by atoms with Crippen molar-refractivity contribution < 1.29 is 9.21 Å². The lowest BCUT2D eigenvalue weighted by Gasteiger charge is -1.90. The van der Waals surface area contributed by atoms with Crippen LogP contribution in [0.15, 0.2) is 34.7 Å². The van der Waals surface area contributed by atoms with Crippen molar-refractivity contribution >= 4 is 5.78 Å². The fourth-order valence-electron chi connectivity index (χ4n) is 1.06. The predicted octanol–water partition coefficient (Wildman–Crippen LogP) is 1.94. The lowest BCUT2D eigenvalue weighted by atomic mass is 10.2. The highest BCUT2D eigenvalue weighted by Crippen LogP contribution is 2.16. The molecule has 1 aromatic carbocycles. The Morgan fingerprint density at radius 3 is 2.50 bits per heavy atom. The van der Waals surface area contributed by atoms with Gasteiger partial charge in [-0.05, 0) is 12.1 Å². The molecule has 1 aromatic heterocycles. The van der Waals surface area contributed by atoms with Gasteiger partial charge in [-0.2, -0.15) is 0 Å². The fraction of sp³-hybridized carbons (Fsp3) is 0.100. The summed E-state index contributed by atoms with van der Waals surface area (Å²) in [7, 11) is 0. The number of hydrogen-bond acceptors (Lipinski definition) is 4. The van der Waals surface area contributed by atoms with Gasteiger partial charge in [0.2, 0.25) is 11.7 Å². The van der Waals surface area contributed by atoms with E-state index in [2.05, 4.69) is 10.2 Å². The molecule has 0 atom stereocenters. The van der Waals surface area contributed by atoms with Gasteiger partial charge in [0, 0.05) is 12.5 Å². The van der Waals surface area contributed by atoms with Crippen LogP contribution in [0.1, 0.15) is 17.6 Å². The van der Waals surface area contributed by atoms with Crippen molar-refractivity contribution in [2.45, 2.75) is 6.92 Å². The van der Waals surface area contributed by atoms with Gasteiger partial charge in [0.05, 0.1) is 0 Å². The highest BCUT2D eigenvalue weighted by atomic mass is 16.4. The molecule has 2 aromatic rings. The number of rotatable bonds is 2. The zero-order valence-electron chi connectivity index (χ0n) is 7.60. The molecule has 4 nitrogen and oxygen atoms in total. The van der Waals surface area contributed by atoms with Crippen molar-refractivity contribution in [1.82, 2.24) is 10.2 Å². The summed E-state index contributed by atoms with van der Waals surface area (Å²) >= 11 is 0. The lowest BCUT2D eigenvalue weighted by molar-refractivity contribution is 0.0981. The van der Waals surface area contributed by atoms with Gasteiger partial charge in [-0.15, -0.1) is 10.2 Å². The van der Waals surface area contributed by atoms with Gasteiger partial charge in [-0.3, -0.25) is 4.79 Å². The number of hydrogen-bond donors (Lipinski definition) is 0. The van der Waals surface area contributed by atoms with E-state index in [0.717, 1.165) is 5.56 Å². The second-order valence-corrected chi connectivity index (χ2v) is 2.83. The second kappa shape index (κ2) is 3.41. The zero-order valence-corrected chi connectivity index (χ0v) is 7.60. The van der Waals surface area contributed by atoms with Crippen LogP contribution in [-0.4, -0.2) is 16.0 Å². The van der Waals surface area contributed by atoms with Crippen molar-refractivity contribution in [3.63, 3.8) is 0 Å². The SMILES string of the molecule is CC(=O)c1nnc(-c2ccccc2)o1. The van der Waals surface area contributed by atoms with E-state index in [4.69, 9.17) is 4.42 Å². The Kier molecular flexibility index (Phi) is 2.10. The Hall–Kier alpha value is -1.97. The molecule has 2 rings (SSSR count). The first-order valence-electron chi connectivity index (χ1n) is 4.17. The van der Waals surface area contributed by atoms with Crippen molar-refractivity contribution in [2.24, 2.45) is 0 Å². The fourth-order valence-corrected chi connectivity index (χ4v) is 1.06. The molecule has 0 N–H and O–H groups in total. The highest BCUT2D eigenvalue weighted by molar-refractivity contribution is 5.89. The molecule has 0 fully saturated rings. The third kappa shape index (κ3) is 1.54. The Morgan fingerprint density at radius 2 is 1.93 bits per heavy atom. The molecule has 0 spiro atoms. The van der Waals surface area contributed by atoms with Gasteiger partial charge in [0.15, 0.2) is 0 Å². The number of Topliss-reactive ketones (excluding diaryl/α,β-unsaturated/α-hetero) is 1. The maximum atomic E-state index is 10.9. The molecule has 4 heteroatoms. The average Bonchev–Trinajstić information content (AvgIpc) is 2.68. The number of ketones is 1. The molecule has 14 heavy (non-hydrogen) atoms. The monoisotopic (exact) mass is 188 g/mol. The van der Waals surface area contributed by atoms with Crippen LogP contribution in [-0.2, 0) is 0 Å². The van der Waals surface area contributed by atoms with Crippen LogP contribution < -0.4 is 0 Å². The highest BCUT2D eigenvalue weighted by Gasteiger charge is 2.10. The topological polar surface area (TPSA) is 56.0 Å². The quantitative estimate of drug-likeness (QED) is 0.676. The van der Waals surface area contributed by atoms with Crippen LogP contribution in [0.25, 0.3) is 11.5 Å². The van der Waals surface area contributed by atoms with Crippen molar-refractivity contribution in [3.05, 3.63) is 36.2 Å². The molecule has 0 amide bonds. The summed E-state index contributed by atoms with van der Waals surface area (Å²) in [5, 5.41) is 7.40. The summed E-state index contributed by atoms with van der Waals surface area (Å²) in [6.45, 7) is 1.39. The largest absolute Gasteiger partial charge is 0.414 e. The first kappa shape index (κ1) is 8.62. The molecule has 0 unspecified atom stereocenters. The Bertz CT molecular complexity index is 448. The van der Waals surface area contributed by atoms with E-state index in [1.807, 2.05) is 30.3 Å². The Labute approximate surface area is 80.6 Å². The zero-order chi connectivity index (χ0) is 9.97. The number of benzene rings is 1. The summed E-state index contributed by atoms with van der Waals surface area (Å²) < 4.78 is 5.16. The summed E-state index contributed by atoms with van der Waals surface area (Å²) in [6, 6.07) is 9.32. The molecule has 0 saturated heterocycles. The van der Waals surface area contributed by atoms with Gasteiger partial charge < -0.3 is 4.42 Å². The van der Waals surface area contributed by atoms with Crippen LogP contribution in [0.4, 0.5) is 0 Å². The normalized spacial score (nSPS) is 10.1. The predicted molar refractivity (Wildman–Crippen MR) is 49.7 cm³/mol. The molecule has 0 aliphatic heterocycles. The van der Waals surface area contributed by atoms with E-state index in [-0.39, 0.29) is 11.7 Å². The maximum Gasteiger partial charge on any atom is 0.283 e. The van der Waals surface area contributed by atoms with Gasteiger partial charge >= 0.3 is 0 Å². The Morgan fingerprint density at radius 1 is 1.21 bits per heavy atom. The average molecular weight is 188 g/mol. The lowest BCUT2D eigenvalue weighted by Crippen LogP contribution is -1.90. The van der Waals surface area contributed by atoms with Gasteiger partial charge in [0.25, 0.3) is 5.89 Å². The third-order valence-electron chi connectivity index (χ3n) is 1.75. The van der Waals surface area contributed by atoms with Crippen LogP contribution in [0, 0.1) is 0 Å². The minimum absolute atomic E-state index is 0.0452. The van der Waals surface area contributed by atoms with Crippen LogP contribution in [0.3, 0.4) is 0 Å². The minimum atomic E-state index is -0.223. The smallest absolute Gasteiger partial charge is 0.283 e. The first-order chi connectivity index (χ1) is 6.77. The molecule has 0 aliphatic carbocycles. The minimum Gasteiger partial charge on any atom is -0.414 e. The molecule has 0 aliphatic rings. The molecule has 0 bridgehead atoms. The van der Waals surface area contributed by atoms with E-state index >= 15 is 0 Å². The van der Waals surface area contributed by atoms with Crippen LogP contribution in [0.2, 0.25) is 0 Å². The van der Waals surface area contributed by atoms with Crippen LogP contribution >= 0.6 is 0 Å². The van der Waals surface area contributed by atoms with E-state index in [9.17, 15) is 4.79 Å². The standard InChI is InChI=1S/C10H8N2O2/c1-7(13)9-11-12-10(14-9)8-5-3-2-4-6-8/h2-6H,1H3.